The van der Waals surface area contributed by atoms with Gasteiger partial charge in [0.1, 0.15) is 11.9 Å². The van der Waals surface area contributed by atoms with Crippen LogP contribution in [0, 0.1) is 0 Å². The molecule has 1 aromatic heterocycles. The van der Waals surface area contributed by atoms with Gasteiger partial charge < -0.3 is 18.9 Å². The molecule has 6 nitrogen and oxygen atoms in total. The molecular formula is C19H23N3O3. The molecule has 2 aliphatic heterocycles. The molecular weight excluding hydrogens is 318 g/mol. The minimum absolute atomic E-state index is 0.0365. The Balaban J connectivity index is 1.50. The van der Waals surface area contributed by atoms with E-state index in [1.807, 2.05) is 29.2 Å². The molecule has 2 aromatic rings. The van der Waals surface area contributed by atoms with Gasteiger partial charge in [-0.3, -0.25) is 4.79 Å². The largest absolute Gasteiger partial charge is 0.497 e. The van der Waals surface area contributed by atoms with Crippen LogP contribution >= 0.6 is 0 Å². The van der Waals surface area contributed by atoms with Gasteiger partial charge in [0.05, 0.1) is 32.3 Å². The summed E-state index contributed by atoms with van der Waals surface area (Å²) in [6.07, 6.45) is 5.10. The number of aromatic nitrogens is 2. The molecule has 0 unspecified atom stereocenters. The molecule has 0 bridgehead atoms. The van der Waals surface area contributed by atoms with Crippen molar-refractivity contribution in [1.29, 1.82) is 0 Å². The van der Waals surface area contributed by atoms with E-state index >= 15 is 0 Å². The molecule has 25 heavy (non-hydrogen) atoms. The van der Waals surface area contributed by atoms with E-state index in [9.17, 15) is 4.79 Å². The third-order valence-corrected chi connectivity index (χ3v) is 5.06. The summed E-state index contributed by atoms with van der Waals surface area (Å²) in [5.41, 5.74) is 2.54. The topological polar surface area (TPSA) is 56.6 Å². The second-order valence-electron chi connectivity index (χ2n) is 6.62. The molecule has 1 amide bonds. The molecule has 0 spiro atoms. The number of rotatable bonds is 3. The maximum absolute atomic E-state index is 12.7. The van der Waals surface area contributed by atoms with E-state index in [0.717, 1.165) is 42.9 Å². The van der Waals surface area contributed by atoms with Crippen LogP contribution in [0.2, 0.25) is 0 Å². The zero-order chi connectivity index (χ0) is 17.2. The van der Waals surface area contributed by atoms with E-state index in [2.05, 4.69) is 9.55 Å². The first kappa shape index (κ1) is 16.1. The summed E-state index contributed by atoms with van der Waals surface area (Å²) in [7, 11) is 1.66. The number of imidazole rings is 1. The Morgan fingerprint density at radius 1 is 1.20 bits per heavy atom. The third kappa shape index (κ3) is 3.14. The molecule has 1 aromatic carbocycles. The lowest BCUT2D eigenvalue weighted by Crippen LogP contribution is -2.36. The van der Waals surface area contributed by atoms with Gasteiger partial charge in [0.15, 0.2) is 5.69 Å². The van der Waals surface area contributed by atoms with E-state index in [0.29, 0.717) is 18.8 Å². The van der Waals surface area contributed by atoms with Gasteiger partial charge in [-0.1, -0.05) is 12.1 Å². The normalized spacial score (nSPS) is 20.2. The van der Waals surface area contributed by atoms with Crippen LogP contribution < -0.4 is 4.74 Å². The van der Waals surface area contributed by atoms with Gasteiger partial charge in [0, 0.05) is 13.1 Å². The number of hydrogen-bond donors (Lipinski definition) is 0. The van der Waals surface area contributed by atoms with Crippen molar-refractivity contribution >= 4 is 5.91 Å². The van der Waals surface area contributed by atoms with E-state index < -0.39 is 0 Å². The Hall–Kier alpha value is -2.34. The van der Waals surface area contributed by atoms with Crippen LogP contribution in [0.4, 0.5) is 0 Å². The maximum atomic E-state index is 12.7. The van der Waals surface area contributed by atoms with Gasteiger partial charge in [-0.15, -0.1) is 0 Å². The number of carbonyl (C=O) groups excluding carboxylic acids is 1. The minimum Gasteiger partial charge on any atom is -0.497 e. The molecule has 1 atom stereocenters. The second kappa shape index (κ2) is 6.88. The Morgan fingerprint density at radius 2 is 1.96 bits per heavy atom. The van der Waals surface area contributed by atoms with Crippen LogP contribution in [0.25, 0.3) is 0 Å². The van der Waals surface area contributed by atoms with Crippen molar-refractivity contribution in [3.05, 3.63) is 47.5 Å². The van der Waals surface area contributed by atoms with Crippen LogP contribution in [0.1, 0.15) is 47.1 Å². The molecule has 2 aliphatic rings. The number of carbonyl (C=O) groups is 1. The fourth-order valence-corrected chi connectivity index (χ4v) is 3.57. The van der Waals surface area contributed by atoms with Gasteiger partial charge in [-0.05, 0) is 37.0 Å². The predicted molar refractivity (Wildman–Crippen MR) is 92.5 cm³/mol. The number of piperidine rings is 1. The van der Waals surface area contributed by atoms with Crippen molar-refractivity contribution < 1.29 is 14.3 Å². The molecule has 132 valence electrons. The van der Waals surface area contributed by atoms with Crippen molar-refractivity contribution in [3.63, 3.8) is 0 Å². The van der Waals surface area contributed by atoms with Crippen LogP contribution in [-0.4, -0.2) is 40.6 Å². The maximum Gasteiger partial charge on any atom is 0.274 e. The first-order chi connectivity index (χ1) is 12.3. The molecule has 0 N–H and O–H groups in total. The Kier molecular flexibility index (Phi) is 4.44. The Bertz CT molecular complexity index is 748. The summed E-state index contributed by atoms with van der Waals surface area (Å²) in [5.74, 6) is 0.872. The van der Waals surface area contributed by atoms with E-state index in [1.165, 1.54) is 6.42 Å². The number of benzene rings is 1. The highest BCUT2D eigenvalue weighted by Crippen LogP contribution is 2.29. The Labute approximate surface area is 147 Å². The fourth-order valence-electron chi connectivity index (χ4n) is 3.57. The molecule has 0 saturated carbocycles. The van der Waals surface area contributed by atoms with Crippen LogP contribution in [0.3, 0.4) is 0 Å². The highest BCUT2D eigenvalue weighted by Gasteiger charge is 2.29. The molecule has 6 heteroatoms. The monoisotopic (exact) mass is 341 g/mol. The summed E-state index contributed by atoms with van der Waals surface area (Å²) in [6, 6.07) is 7.91. The highest BCUT2D eigenvalue weighted by molar-refractivity contribution is 5.93. The van der Waals surface area contributed by atoms with E-state index in [4.69, 9.17) is 9.47 Å². The van der Waals surface area contributed by atoms with Gasteiger partial charge in [0.2, 0.25) is 0 Å². The van der Waals surface area contributed by atoms with Crippen LogP contribution in [0.5, 0.6) is 5.75 Å². The first-order valence-corrected chi connectivity index (χ1v) is 8.85. The van der Waals surface area contributed by atoms with Crippen molar-refractivity contribution in [1.82, 2.24) is 14.5 Å². The number of nitrogens with zero attached hydrogens (tertiary/aromatic N) is 3. The quantitative estimate of drug-likeness (QED) is 0.861. The number of methoxy groups -OCH3 is 1. The average Bonchev–Trinajstić information content (AvgIpc) is 3.11. The van der Waals surface area contributed by atoms with Gasteiger partial charge in [-0.2, -0.15) is 0 Å². The van der Waals surface area contributed by atoms with Crippen molar-refractivity contribution in [2.45, 2.75) is 38.5 Å². The summed E-state index contributed by atoms with van der Waals surface area (Å²) in [6.45, 7) is 2.74. The molecule has 1 saturated heterocycles. The van der Waals surface area contributed by atoms with Gasteiger partial charge in [0.25, 0.3) is 5.91 Å². The number of likely N-dealkylation sites (tertiary alicyclic amines) is 1. The molecule has 0 radical (unpaired) electrons. The van der Waals surface area contributed by atoms with E-state index in [1.54, 1.807) is 13.4 Å². The molecule has 4 rings (SSSR count). The zero-order valence-corrected chi connectivity index (χ0v) is 14.5. The lowest BCUT2D eigenvalue weighted by molar-refractivity contribution is 0.00228. The first-order valence-electron chi connectivity index (χ1n) is 8.85. The average molecular weight is 341 g/mol. The lowest BCUT2D eigenvalue weighted by atomic mass is 10.1. The lowest BCUT2D eigenvalue weighted by Gasteiger charge is -2.28. The van der Waals surface area contributed by atoms with Crippen LogP contribution in [-0.2, 0) is 17.9 Å². The zero-order valence-electron chi connectivity index (χ0n) is 14.5. The van der Waals surface area contributed by atoms with Crippen molar-refractivity contribution in [3.8, 4) is 5.75 Å². The SMILES string of the molecule is COc1ccc([C@@H]2Cn3cnc(C(=O)N4CCCCC4)c3CO2)cc1. The molecule has 1 fully saturated rings. The summed E-state index contributed by atoms with van der Waals surface area (Å²) >= 11 is 0. The number of ether oxygens (including phenoxy) is 2. The molecule has 3 heterocycles. The van der Waals surface area contributed by atoms with Crippen molar-refractivity contribution in [2.24, 2.45) is 0 Å². The standard InChI is InChI=1S/C19H23N3O3/c1-24-15-7-5-14(6-8-15)17-11-22-13-20-18(16(22)12-25-17)19(23)21-9-3-2-4-10-21/h5-8,13,17H,2-4,9-12H2,1H3/t17-/m0/s1. The minimum atomic E-state index is -0.0365. The molecule has 0 aliphatic carbocycles. The van der Waals surface area contributed by atoms with Crippen LogP contribution in [0.15, 0.2) is 30.6 Å². The highest BCUT2D eigenvalue weighted by atomic mass is 16.5. The Morgan fingerprint density at radius 3 is 2.68 bits per heavy atom. The van der Waals surface area contributed by atoms with Gasteiger partial charge in [-0.25, -0.2) is 4.98 Å². The van der Waals surface area contributed by atoms with E-state index in [-0.39, 0.29) is 12.0 Å². The predicted octanol–water partition coefficient (Wildman–Crippen LogP) is 2.79. The number of amides is 1. The third-order valence-electron chi connectivity index (χ3n) is 5.06. The number of fused-ring (bicyclic) bond motifs is 1. The van der Waals surface area contributed by atoms with Gasteiger partial charge >= 0.3 is 0 Å². The smallest absolute Gasteiger partial charge is 0.274 e. The summed E-state index contributed by atoms with van der Waals surface area (Å²) in [5, 5.41) is 0. The number of hydrogen-bond acceptors (Lipinski definition) is 4. The summed E-state index contributed by atoms with van der Waals surface area (Å²) in [4.78, 5) is 19.1. The van der Waals surface area contributed by atoms with Crippen molar-refractivity contribution in [2.75, 3.05) is 20.2 Å². The fraction of sp³-hybridized carbons (Fsp3) is 0.474. The summed E-state index contributed by atoms with van der Waals surface area (Å²) < 4.78 is 13.3. The second-order valence-corrected chi connectivity index (χ2v) is 6.62.